The largest absolute Gasteiger partial charge is 0.331 e. The Kier molecular flexibility index (Phi) is 3.55. The van der Waals surface area contributed by atoms with E-state index in [2.05, 4.69) is 10.4 Å². The quantitative estimate of drug-likeness (QED) is 0.788. The smallest absolute Gasteiger partial charge is 0.255 e. The zero-order valence-corrected chi connectivity index (χ0v) is 11.6. The second-order valence-corrected chi connectivity index (χ2v) is 4.81. The molecule has 3 N–H and O–H groups in total. The van der Waals surface area contributed by atoms with E-state index in [1.54, 1.807) is 19.1 Å². The third kappa shape index (κ3) is 2.59. The lowest BCUT2D eigenvalue weighted by molar-refractivity contribution is -0.126. The number of amides is 1. The number of carbonyl (C=O) groups excluding carboxylic acids is 1. The summed E-state index contributed by atoms with van der Waals surface area (Å²) < 4.78 is 2.00. The first-order valence-corrected chi connectivity index (χ1v) is 6.06. The molecule has 1 aromatic heterocycles. The van der Waals surface area contributed by atoms with Gasteiger partial charge in [0.1, 0.15) is 11.9 Å². The monoisotopic (exact) mass is 261 g/mol. The number of hydrogen-bond donors (Lipinski definition) is 2. The minimum atomic E-state index is -0.700. The zero-order chi connectivity index (χ0) is 14.2. The van der Waals surface area contributed by atoms with Crippen LogP contribution < -0.4 is 11.2 Å². The van der Waals surface area contributed by atoms with Crippen molar-refractivity contribution in [1.82, 2.24) is 20.0 Å². The molecule has 0 spiro atoms. The van der Waals surface area contributed by atoms with Crippen LogP contribution in [0.4, 0.5) is 0 Å². The molecule has 0 aliphatic heterocycles. The van der Waals surface area contributed by atoms with Gasteiger partial charge in [0.2, 0.25) is 0 Å². The van der Waals surface area contributed by atoms with E-state index in [4.69, 9.17) is 5.73 Å². The molecule has 1 atom stereocenters. The molecule has 0 bridgehead atoms. The fourth-order valence-corrected chi connectivity index (χ4v) is 1.97. The van der Waals surface area contributed by atoms with Crippen LogP contribution in [0.2, 0.25) is 0 Å². The Morgan fingerprint density at radius 1 is 1.47 bits per heavy atom. The van der Waals surface area contributed by atoms with Gasteiger partial charge in [-0.3, -0.25) is 10.2 Å². The van der Waals surface area contributed by atoms with Crippen molar-refractivity contribution in [2.45, 2.75) is 13.0 Å². The molecule has 2 rings (SSSR count). The van der Waals surface area contributed by atoms with Crippen molar-refractivity contribution in [1.29, 1.82) is 0 Å². The van der Waals surface area contributed by atoms with Gasteiger partial charge in [-0.05, 0) is 24.6 Å². The van der Waals surface area contributed by atoms with E-state index in [1.165, 1.54) is 0 Å². The van der Waals surface area contributed by atoms with Gasteiger partial charge >= 0.3 is 0 Å². The summed E-state index contributed by atoms with van der Waals surface area (Å²) in [6.45, 7) is 1.94. The van der Waals surface area contributed by atoms with Crippen LogP contribution in [0.1, 0.15) is 17.4 Å². The molecule has 0 saturated carbocycles. The lowest BCUT2D eigenvalue weighted by atomic mass is 10.1. The first kappa shape index (κ1) is 13.5. The summed E-state index contributed by atoms with van der Waals surface area (Å²) in [5.74, 6) is 0.690. The molecule has 0 radical (unpaired) electrons. The molecule has 0 aliphatic rings. The molecule has 1 amide bonds. The van der Waals surface area contributed by atoms with Crippen molar-refractivity contribution in [3.63, 3.8) is 0 Å². The average molecular weight is 261 g/mol. The molecule has 6 nitrogen and oxygen atoms in total. The van der Waals surface area contributed by atoms with Crippen LogP contribution in [-0.4, -0.2) is 34.6 Å². The van der Waals surface area contributed by atoms with Gasteiger partial charge in [-0.2, -0.15) is 0 Å². The van der Waals surface area contributed by atoms with Gasteiger partial charge in [0.25, 0.3) is 5.91 Å². The molecule has 2 aromatic rings. The number of carbonyl (C=O) groups is 1. The number of nitrogens with one attached hydrogen (secondary N) is 1. The van der Waals surface area contributed by atoms with Gasteiger partial charge in [0, 0.05) is 21.1 Å². The van der Waals surface area contributed by atoms with Gasteiger partial charge < -0.3 is 10.3 Å². The second-order valence-electron chi connectivity index (χ2n) is 4.81. The molecule has 1 heterocycles. The Morgan fingerprint density at radius 3 is 2.79 bits per heavy atom. The summed E-state index contributed by atoms with van der Waals surface area (Å²) in [7, 11) is 5.45. The number of imidazole rings is 1. The average Bonchev–Trinajstić information content (AvgIpc) is 2.63. The highest BCUT2D eigenvalue weighted by atomic mass is 16.2. The lowest BCUT2D eigenvalue weighted by Gasteiger charge is -2.16. The Morgan fingerprint density at radius 2 is 2.16 bits per heavy atom. The standard InChI is InChI=1S/C13H19N5O/c1-8-15-10-7-9(5-6-11(10)18(8)4)12(14)13(19)16-17(2)3/h5-7,12H,14H2,1-4H3,(H,16,19). The van der Waals surface area contributed by atoms with Crippen molar-refractivity contribution in [2.24, 2.45) is 12.8 Å². The van der Waals surface area contributed by atoms with Gasteiger partial charge in [0.05, 0.1) is 11.0 Å². The highest BCUT2D eigenvalue weighted by molar-refractivity contribution is 5.85. The topological polar surface area (TPSA) is 76.2 Å². The minimum Gasteiger partial charge on any atom is -0.331 e. The number of fused-ring (bicyclic) bond motifs is 1. The summed E-state index contributed by atoms with van der Waals surface area (Å²) >= 11 is 0. The SMILES string of the molecule is Cc1nc2cc(C(N)C(=O)NN(C)C)ccc2n1C. The van der Waals surface area contributed by atoms with E-state index in [0.29, 0.717) is 0 Å². The number of benzene rings is 1. The summed E-state index contributed by atoms with van der Waals surface area (Å²) in [6.07, 6.45) is 0. The minimum absolute atomic E-state index is 0.239. The predicted molar refractivity (Wildman–Crippen MR) is 74.2 cm³/mol. The number of nitrogens with two attached hydrogens (primary N) is 1. The van der Waals surface area contributed by atoms with Crippen molar-refractivity contribution in [3.05, 3.63) is 29.6 Å². The number of aromatic nitrogens is 2. The van der Waals surface area contributed by atoms with Crippen molar-refractivity contribution in [3.8, 4) is 0 Å². The van der Waals surface area contributed by atoms with Gasteiger partial charge in [-0.1, -0.05) is 6.07 Å². The summed E-state index contributed by atoms with van der Waals surface area (Å²) in [4.78, 5) is 16.3. The van der Waals surface area contributed by atoms with Gasteiger partial charge in [0.15, 0.2) is 0 Å². The fraction of sp³-hybridized carbons (Fsp3) is 0.385. The third-order valence-corrected chi connectivity index (χ3v) is 3.10. The summed E-state index contributed by atoms with van der Waals surface area (Å²) in [5.41, 5.74) is 11.2. The fourth-order valence-electron chi connectivity index (χ4n) is 1.97. The third-order valence-electron chi connectivity index (χ3n) is 3.10. The molecular weight excluding hydrogens is 242 g/mol. The van der Waals surface area contributed by atoms with Gasteiger partial charge in [-0.25, -0.2) is 9.99 Å². The van der Waals surface area contributed by atoms with Crippen molar-refractivity contribution >= 4 is 16.9 Å². The normalized spacial score (nSPS) is 12.9. The van der Waals surface area contributed by atoms with E-state index in [9.17, 15) is 4.79 Å². The van der Waals surface area contributed by atoms with Crippen LogP contribution in [0, 0.1) is 6.92 Å². The Bertz CT molecular complexity index is 617. The molecule has 0 fully saturated rings. The van der Waals surface area contributed by atoms with Crippen LogP contribution in [0.5, 0.6) is 0 Å². The first-order valence-electron chi connectivity index (χ1n) is 6.06. The molecule has 1 unspecified atom stereocenters. The molecule has 6 heteroatoms. The van der Waals surface area contributed by atoms with Crippen LogP contribution in [0.25, 0.3) is 11.0 Å². The summed E-state index contributed by atoms with van der Waals surface area (Å²) in [6, 6.07) is 4.97. The number of nitrogens with zero attached hydrogens (tertiary/aromatic N) is 3. The second kappa shape index (κ2) is 4.99. The zero-order valence-electron chi connectivity index (χ0n) is 11.6. The maximum atomic E-state index is 11.9. The van der Waals surface area contributed by atoms with E-state index in [-0.39, 0.29) is 5.91 Å². The highest BCUT2D eigenvalue weighted by Gasteiger charge is 2.17. The number of hydrogen-bond acceptors (Lipinski definition) is 4. The summed E-state index contributed by atoms with van der Waals surface area (Å²) in [5, 5.41) is 1.58. The predicted octanol–water partition coefficient (Wildman–Crippen LogP) is 0.474. The van der Waals surface area contributed by atoms with E-state index < -0.39 is 6.04 Å². The highest BCUT2D eigenvalue weighted by Crippen LogP contribution is 2.19. The number of rotatable bonds is 3. The molecule has 0 saturated heterocycles. The Hall–Kier alpha value is -1.92. The van der Waals surface area contributed by atoms with E-state index in [0.717, 1.165) is 22.4 Å². The van der Waals surface area contributed by atoms with Crippen molar-refractivity contribution < 1.29 is 4.79 Å². The molecule has 102 valence electrons. The van der Waals surface area contributed by atoms with Crippen molar-refractivity contribution in [2.75, 3.05) is 14.1 Å². The maximum absolute atomic E-state index is 11.9. The van der Waals surface area contributed by atoms with E-state index in [1.807, 2.05) is 36.7 Å². The Labute approximate surface area is 112 Å². The number of aryl methyl sites for hydroxylation is 2. The van der Waals surface area contributed by atoms with Crippen LogP contribution in [-0.2, 0) is 11.8 Å². The molecule has 1 aromatic carbocycles. The molecule has 19 heavy (non-hydrogen) atoms. The lowest BCUT2D eigenvalue weighted by Crippen LogP contribution is -2.41. The molecular formula is C13H19N5O. The number of hydrazine groups is 1. The van der Waals surface area contributed by atoms with Crippen LogP contribution >= 0.6 is 0 Å². The van der Waals surface area contributed by atoms with Crippen LogP contribution in [0.15, 0.2) is 18.2 Å². The first-order chi connectivity index (χ1) is 8.90. The van der Waals surface area contributed by atoms with Gasteiger partial charge in [-0.15, -0.1) is 0 Å². The van der Waals surface area contributed by atoms with E-state index >= 15 is 0 Å². The Balaban J connectivity index is 2.33. The molecule has 0 aliphatic carbocycles. The van der Waals surface area contributed by atoms with Crippen LogP contribution in [0.3, 0.4) is 0 Å². The maximum Gasteiger partial charge on any atom is 0.255 e.